The maximum atomic E-state index is 10.7. The predicted molar refractivity (Wildman–Crippen MR) is 30.1 cm³/mol. The summed E-state index contributed by atoms with van der Waals surface area (Å²) in [5.41, 5.74) is 0. The summed E-state index contributed by atoms with van der Waals surface area (Å²) in [6, 6.07) is 0. The fourth-order valence-corrected chi connectivity index (χ4v) is 0.686. The van der Waals surface area contributed by atoms with Crippen molar-refractivity contribution in [2.45, 2.75) is 0 Å². The van der Waals surface area contributed by atoms with E-state index in [0.717, 1.165) is 0 Å². The molecule has 1 heterocycles. The molecular formula is C5H8N2O2. The minimum atomic E-state index is -0.208. The van der Waals surface area contributed by atoms with Crippen LogP contribution < -0.4 is 0 Å². The van der Waals surface area contributed by atoms with E-state index in [4.69, 9.17) is 0 Å². The summed E-state index contributed by atoms with van der Waals surface area (Å²) in [6.07, 6.45) is 0. The van der Waals surface area contributed by atoms with Crippen molar-refractivity contribution >= 4 is 5.97 Å². The van der Waals surface area contributed by atoms with E-state index < -0.39 is 0 Å². The van der Waals surface area contributed by atoms with E-state index >= 15 is 0 Å². The molecule has 0 unspecified atom stereocenters. The van der Waals surface area contributed by atoms with Gasteiger partial charge in [0.25, 0.3) is 0 Å². The second-order valence-corrected chi connectivity index (χ2v) is 1.87. The molecule has 4 nitrogen and oxygen atoms in total. The first-order valence-electron chi connectivity index (χ1n) is 2.75. The molecule has 0 saturated carbocycles. The molecule has 0 fully saturated rings. The Kier molecular flexibility index (Phi) is 1.77. The SMILES string of the molecule is COC(=O)C1CN=NC1. The number of carbonyl (C=O) groups is 1. The number of carbonyl (C=O) groups excluding carboxylic acids is 1. The van der Waals surface area contributed by atoms with Crippen molar-refractivity contribution in [1.82, 2.24) is 0 Å². The first-order chi connectivity index (χ1) is 4.34. The highest BCUT2D eigenvalue weighted by Gasteiger charge is 2.21. The number of hydrogen-bond acceptors (Lipinski definition) is 4. The fraction of sp³-hybridized carbons (Fsp3) is 0.800. The Labute approximate surface area is 52.9 Å². The highest BCUT2D eigenvalue weighted by molar-refractivity contribution is 5.73. The van der Waals surface area contributed by atoms with Crippen LogP contribution in [0.1, 0.15) is 0 Å². The lowest BCUT2D eigenvalue weighted by Gasteiger charge is -2.01. The monoisotopic (exact) mass is 128 g/mol. The maximum absolute atomic E-state index is 10.7. The van der Waals surface area contributed by atoms with Crippen LogP contribution in [0.15, 0.2) is 10.2 Å². The molecule has 0 N–H and O–H groups in total. The largest absolute Gasteiger partial charge is 0.469 e. The number of rotatable bonds is 1. The summed E-state index contributed by atoms with van der Waals surface area (Å²) >= 11 is 0. The van der Waals surface area contributed by atoms with Crippen molar-refractivity contribution in [3.63, 3.8) is 0 Å². The highest BCUT2D eigenvalue weighted by atomic mass is 16.5. The van der Waals surface area contributed by atoms with Crippen LogP contribution in [0.2, 0.25) is 0 Å². The molecule has 0 saturated heterocycles. The van der Waals surface area contributed by atoms with Crippen LogP contribution in [0.25, 0.3) is 0 Å². The molecule has 0 amide bonds. The van der Waals surface area contributed by atoms with Crippen LogP contribution in [0.3, 0.4) is 0 Å². The second-order valence-electron chi connectivity index (χ2n) is 1.87. The third-order valence-corrected chi connectivity index (χ3v) is 1.24. The van der Waals surface area contributed by atoms with Crippen LogP contribution >= 0.6 is 0 Å². The summed E-state index contributed by atoms with van der Waals surface area (Å²) in [6.45, 7) is 0.985. The van der Waals surface area contributed by atoms with Gasteiger partial charge in [-0.25, -0.2) is 0 Å². The molecule has 0 aliphatic carbocycles. The average Bonchev–Trinajstić information content (AvgIpc) is 2.37. The molecule has 0 aromatic heterocycles. The molecule has 9 heavy (non-hydrogen) atoms. The smallest absolute Gasteiger partial charge is 0.312 e. The van der Waals surface area contributed by atoms with Crippen molar-refractivity contribution in [2.24, 2.45) is 16.1 Å². The standard InChI is InChI=1S/C5H8N2O2/c1-9-5(8)4-2-6-7-3-4/h4H,2-3H2,1H3. The van der Waals surface area contributed by atoms with E-state index in [9.17, 15) is 4.79 Å². The Hall–Kier alpha value is -0.930. The van der Waals surface area contributed by atoms with Crippen LogP contribution in [-0.2, 0) is 9.53 Å². The average molecular weight is 128 g/mol. The minimum Gasteiger partial charge on any atom is -0.469 e. The summed E-state index contributed by atoms with van der Waals surface area (Å²) < 4.78 is 4.48. The van der Waals surface area contributed by atoms with Gasteiger partial charge in [0, 0.05) is 0 Å². The van der Waals surface area contributed by atoms with E-state index in [2.05, 4.69) is 15.0 Å². The zero-order valence-corrected chi connectivity index (χ0v) is 5.20. The molecule has 0 radical (unpaired) electrons. The maximum Gasteiger partial charge on any atom is 0.312 e. The summed E-state index contributed by atoms with van der Waals surface area (Å²) in [5.74, 6) is -0.324. The Morgan fingerprint density at radius 3 is 2.56 bits per heavy atom. The van der Waals surface area contributed by atoms with E-state index in [1.165, 1.54) is 7.11 Å². The third kappa shape index (κ3) is 1.25. The topological polar surface area (TPSA) is 51.0 Å². The Morgan fingerprint density at radius 2 is 2.11 bits per heavy atom. The number of esters is 1. The van der Waals surface area contributed by atoms with Gasteiger partial charge in [0.1, 0.15) is 0 Å². The van der Waals surface area contributed by atoms with Crippen LogP contribution in [0.5, 0.6) is 0 Å². The van der Waals surface area contributed by atoms with Crippen LogP contribution in [-0.4, -0.2) is 26.2 Å². The van der Waals surface area contributed by atoms with Gasteiger partial charge in [-0.05, 0) is 0 Å². The van der Waals surface area contributed by atoms with E-state index in [0.29, 0.717) is 13.1 Å². The molecule has 0 bridgehead atoms. The number of hydrogen-bond donors (Lipinski definition) is 0. The molecule has 0 aromatic rings. The fourth-order valence-electron chi connectivity index (χ4n) is 0.686. The van der Waals surface area contributed by atoms with Gasteiger partial charge >= 0.3 is 5.97 Å². The van der Waals surface area contributed by atoms with Gasteiger partial charge < -0.3 is 4.74 Å². The number of ether oxygens (including phenoxy) is 1. The van der Waals surface area contributed by atoms with Gasteiger partial charge in [0.2, 0.25) is 0 Å². The Bertz CT molecular complexity index is 136. The van der Waals surface area contributed by atoms with Crippen molar-refractivity contribution in [3.05, 3.63) is 0 Å². The second kappa shape index (κ2) is 2.57. The lowest BCUT2D eigenvalue weighted by Crippen LogP contribution is -2.18. The summed E-state index contributed by atoms with van der Waals surface area (Å²) in [5, 5.41) is 7.32. The molecule has 50 valence electrons. The van der Waals surface area contributed by atoms with Gasteiger partial charge in [0.15, 0.2) is 0 Å². The quantitative estimate of drug-likeness (QED) is 0.475. The third-order valence-electron chi connectivity index (χ3n) is 1.24. The first-order valence-corrected chi connectivity index (χ1v) is 2.75. The normalized spacial score (nSPS) is 18.3. The molecule has 0 spiro atoms. The molecule has 0 atom stereocenters. The van der Waals surface area contributed by atoms with Gasteiger partial charge in [-0.15, -0.1) is 0 Å². The lowest BCUT2D eigenvalue weighted by atomic mass is 10.2. The first kappa shape index (κ1) is 6.19. The predicted octanol–water partition coefficient (Wildman–Crippen LogP) is 0.241. The molecule has 1 aliphatic rings. The zero-order valence-electron chi connectivity index (χ0n) is 5.20. The molecular weight excluding hydrogens is 120 g/mol. The van der Waals surface area contributed by atoms with Crippen LogP contribution in [0.4, 0.5) is 0 Å². The van der Waals surface area contributed by atoms with E-state index in [-0.39, 0.29) is 11.9 Å². The lowest BCUT2D eigenvalue weighted by molar-refractivity contribution is -0.144. The number of azo groups is 1. The molecule has 4 heteroatoms. The molecule has 1 rings (SSSR count). The van der Waals surface area contributed by atoms with E-state index in [1.807, 2.05) is 0 Å². The minimum absolute atomic E-state index is 0.116. The Morgan fingerprint density at radius 1 is 1.56 bits per heavy atom. The molecule has 1 aliphatic heterocycles. The van der Waals surface area contributed by atoms with Crippen molar-refractivity contribution in [2.75, 3.05) is 20.2 Å². The summed E-state index contributed by atoms with van der Waals surface area (Å²) in [4.78, 5) is 10.7. The highest BCUT2D eigenvalue weighted by Crippen LogP contribution is 2.07. The van der Waals surface area contributed by atoms with Crippen LogP contribution in [0, 0.1) is 5.92 Å². The van der Waals surface area contributed by atoms with Crippen molar-refractivity contribution < 1.29 is 9.53 Å². The van der Waals surface area contributed by atoms with Crippen molar-refractivity contribution in [1.29, 1.82) is 0 Å². The van der Waals surface area contributed by atoms with Gasteiger partial charge in [-0.2, -0.15) is 10.2 Å². The molecule has 0 aromatic carbocycles. The van der Waals surface area contributed by atoms with Gasteiger partial charge in [-0.3, -0.25) is 4.79 Å². The van der Waals surface area contributed by atoms with Gasteiger partial charge in [-0.1, -0.05) is 0 Å². The van der Waals surface area contributed by atoms with Gasteiger partial charge in [0.05, 0.1) is 26.1 Å². The number of nitrogens with zero attached hydrogens (tertiary/aromatic N) is 2. The van der Waals surface area contributed by atoms with E-state index in [1.54, 1.807) is 0 Å². The zero-order chi connectivity index (χ0) is 6.69. The summed E-state index contributed by atoms with van der Waals surface area (Å²) in [7, 11) is 1.38. The number of methoxy groups -OCH3 is 1. The van der Waals surface area contributed by atoms with Crippen molar-refractivity contribution in [3.8, 4) is 0 Å². The Balaban J connectivity index is 2.36.